The molecule has 0 radical (unpaired) electrons. The predicted molar refractivity (Wildman–Crippen MR) is 124 cm³/mol. The van der Waals surface area contributed by atoms with Crippen molar-refractivity contribution in [3.63, 3.8) is 0 Å². The van der Waals surface area contributed by atoms with Gasteiger partial charge in [-0.2, -0.15) is 26.3 Å². The van der Waals surface area contributed by atoms with Gasteiger partial charge in [0, 0.05) is 23.7 Å². The molecular weight excluding hydrogens is 538 g/mol. The maximum Gasteiger partial charge on any atom is 0.490 e. The number of aryl methyl sites for hydroxylation is 1. The summed E-state index contributed by atoms with van der Waals surface area (Å²) < 4.78 is 63.5. The number of carboxylic acid groups (broad SMARTS) is 2. The minimum absolute atomic E-state index is 0.0758. The number of aromatic nitrogens is 2. The minimum Gasteiger partial charge on any atom is -0.475 e. The molecule has 1 heterocycles. The van der Waals surface area contributed by atoms with E-state index in [0.29, 0.717) is 24.1 Å². The SMILES string of the molecule is Cc1cnc(CNC(=O)c2ccc([C@@H]3C[C@H]3NCC3CC3)cc2)cn1.O=C(O)C(F)(F)F.O=C(O)C(F)(F)F. The van der Waals surface area contributed by atoms with E-state index in [0.717, 1.165) is 17.3 Å². The highest BCUT2D eigenvalue weighted by atomic mass is 19.4. The third kappa shape index (κ3) is 11.7. The lowest BCUT2D eigenvalue weighted by Gasteiger charge is -2.07. The molecule has 1 amide bonds. The van der Waals surface area contributed by atoms with E-state index in [1.807, 2.05) is 19.1 Å². The average Bonchev–Trinajstić information content (AvgIpc) is 3.77. The number of amides is 1. The van der Waals surface area contributed by atoms with Crippen LogP contribution in [0.15, 0.2) is 36.7 Å². The van der Waals surface area contributed by atoms with Crippen molar-refractivity contribution in [3.8, 4) is 0 Å². The van der Waals surface area contributed by atoms with Gasteiger partial charge in [0.05, 0.1) is 24.1 Å². The van der Waals surface area contributed by atoms with E-state index in [1.54, 1.807) is 12.4 Å². The van der Waals surface area contributed by atoms with Gasteiger partial charge in [-0.05, 0) is 56.3 Å². The third-order valence-corrected chi connectivity index (χ3v) is 5.51. The Morgan fingerprint density at radius 3 is 1.90 bits per heavy atom. The van der Waals surface area contributed by atoms with E-state index in [-0.39, 0.29) is 5.91 Å². The zero-order chi connectivity index (χ0) is 29.4. The van der Waals surface area contributed by atoms with Gasteiger partial charge in [0.15, 0.2) is 0 Å². The molecule has 2 aromatic rings. The Bertz CT molecular complexity index is 1100. The molecule has 15 heteroatoms. The fraction of sp³-hybridized carbons (Fsp3) is 0.458. The first-order valence-corrected chi connectivity index (χ1v) is 11.6. The van der Waals surface area contributed by atoms with Crippen molar-refractivity contribution >= 4 is 17.8 Å². The Hall–Kier alpha value is -3.75. The largest absolute Gasteiger partial charge is 0.490 e. The summed E-state index contributed by atoms with van der Waals surface area (Å²) in [4.78, 5) is 38.5. The lowest BCUT2D eigenvalue weighted by Crippen LogP contribution is -2.23. The Labute approximate surface area is 218 Å². The first-order chi connectivity index (χ1) is 18.1. The number of hydrogen-bond donors (Lipinski definition) is 4. The molecule has 2 atom stereocenters. The monoisotopic (exact) mass is 564 g/mol. The van der Waals surface area contributed by atoms with Crippen LogP contribution in [0.2, 0.25) is 0 Å². The van der Waals surface area contributed by atoms with Gasteiger partial charge in [-0.25, -0.2) is 9.59 Å². The number of nitrogens with one attached hydrogen (secondary N) is 2. The Kier molecular flexibility index (Phi) is 10.8. The van der Waals surface area contributed by atoms with Gasteiger partial charge in [0.1, 0.15) is 0 Å². The maximum atomic E-state index is 12.3. The molecule has 4 N–H and O–H groups in total. The van der Waals surface area contributed by atoms with Crippen LogP contribution in [0, 0.1) is 12.8 Å². The molecule has 0 saturated heterocycles. The van der Waals surface area contributed by atoms with Gasteiger partial charge < -0.3 is 20.8 Å². The van der Waals surface area contributed by atoms with Gasteiger partial charge >= 0.3 is 24.3 Å². The molecule has 2 aliphatic rings. The quantitative estimate of drug-likeness (QED) is 0.372. The topological polar surface area (TPSA) is 142 Å². The van der Waals surface area contributed by atoms with E-state index in [9.17, 15) is 31.1 Å². The van der Waals surface area contributed by atoms with Crippen molar-refractivity contribution in [2.45, 2.75) is 57.0 Å². The van der Waals surface area contributed by atoms with E-state index < -0.39 is 24.3 Å². The number of rotatable bonds is 7. The molecule has 39 heavy (non-hydrogen) atoms. The third-order valence-electron chi connectivity index (χ3n) is 5.51. The summed E-state index contributed by atoms with van der Waals surface area (Å²) in [6.45, 7) is 3.45. The second-order valence-electron chi connectivity index (χ2n) is 8.86. The fourth-order valence-electron chi connectivity index (χ4n) is 3.09. The average molecular weight is 564 g/mol. The summed E-state index contributed by atoms with van der Waals surface area (Å²) in [6, 6.07) is 8.64. The van der Waals surface area contributed by atoms with Crippen LogP contribution >= 0.6 is 0 Å². The number of benzene rings is 1. The lowest BCUT2D eigenvalue weighted by molar-refractivity contribution is -0.193. The van der Waals surface area contributed by atoms with Crippen molar-refractivity contribution in [2.75, 3.05) is 6.54 Å². The van der Waals surface area contributed by atoms with Crippen LogP contribution < -0.4 is 10.6 Å². The minimum atomic E-state index is -5.08. The summed E-state index contributed by atoms with van der Waals surface area (Å²) in [5.41, 5.74) is 3.65. The normalized spacial score (nSPS) is 18.0. The standard InChI is InChI=1S/C20H24N4O.2C2HF3O2/c1-13-9-22-17(11-21-13)12-24-20(25)16-6-4-15(5-7-16)18-8-19(18)23-10-14-2-3-14;2*3-2(4,5)1(6)7/h4-7,9,11,14,18-19,23H,2-3,8,10,12H2,1H3,(H,24,25);2*(H,6,7)/t18-,19+;;/m0../s1. The number of alkyl halides is 6. The molecule has 2 aliphatic carbocycles. The van der Waals surface area contributed by atoms with Gasteiger partial charge in [-0.15, -0.1) is 0 Å². The summed E-state index contributed by atoms with van der Waals surface area (Å²) in [5, 5.41) is 20.8. The van der Waals surface area contributed by atoms with E-state index in [4.69, 9.17) is 19.8 Å². The van der Waals surface area contributed by atoms with Crippen molar-refractivity contribution in [2.24, 2.45) is 5.92 Å². The highest BCUT2D eigenvalue weighted by Crippen LogP contribution is 2.41. The second kappa shape index (κ2) is 13.4. The number of nitrogens with zero attached hydrogens (tertiary/aromatic N) is 2. The first-order valence-electron chi connectivity index (χ1n) is 11.6. The molecule has 0 unspecified atom stereocenters. The molecule has 4 rings (SSSR count). The summed E-state index contributed by atoms with van der Waals surface area (Å²) in [7, 11) is 0. The fourth-order valence-corrected chi connectivity index (χ4v) is 3.09. The number of hydrogen-bond acceptors (Lipinski definition) is 6. The lowest BCUT2D eigenvalue weighted by atomic mass is 10.1. The highest BCUT2D eigenvalue weighted by molar-refractivity contribution is 5.94. The van der Waals surface area contributed by atoms with Crippen LogP contribution in [-0.2, 0) is 16.1 Å². The van der Waals surface area contributed by atoms with E-state index in [1.165, 1.54) is 31.4 Å². The second-order valence-corrected chi connectivity index (χ2v) is 8.86. The molecular formula is C24H26F6N4O5. The highest BCUT2D eigenvalue weighted by Gasteiger charge is 2.39. The number of carbonyl (C=O) groups excluding carboxylic acids is 1. The molecule has 1 aromatic carbocycles. The molecule has 0 aliphatic heterocycles. The molecule has 2 saturated carbocycles. The summed E-state index contributed by atoms with van der Waals surface area (Å²) in [5.74, 6) is -4.06. The van der Waals surface area contributed by atoms with Gasteiger partial charge in [-0.3, -0.25) is 14.8 Å². The number of halogens is 6. The zero-order valence-electron chi connectivity index (χ0n) is 20.5. The smallest absolute Gasteiger partial charge is 0.475 e. The molecule has 0 spiro atoms. The van der Waals surface area contributed by atoms with Crippen LogP contribution in [0.1, 0.15) is 52.5 Å². The Morgan fingerprint density at radius 2 is 1.46 bits per heavy atom. The van der Waals surface area contributed by atoms with Crippen LogP contribution in [0.25, 0.3) is 0 Å². The van der Waals surface area contributed by atoms with Crippen molar-refractivity contribution < 1.29 is 50.9 Å². The Balaban J connectivity index is 0.000000317. The molecule has 2 fully saturated rings. The van der Waals surface area contributed by atoms with Crippen molar-refractivity contribution in [3.05, 3.63) is 59.2 Å². The number of aliphatic carboxylic acids is 2. The van der Waals surface area contributed by atoms with Crippen molar-refractivity contribution in [1.82, 2.24) is 20.6 Å². The first kappa shape index (κ1) is 31.5. The maximum absolute atomic E-state index is 12.3. The molecule has 9 nitrogen and oxygen atoms in total. The molecule has 0 bridgehead atoms. The van der Waals surface area contributed by atoms with Crippen LogP contribution in [-0.4, -0.2) is 63.0 Å². The predicted octanol–water partition coefficient (Wildman–Crippen LogP) is 3.84. The van der Waals surface area contributed by atoms with Crippen LogP contribution in [0.3, 0.4) is 0 Å². The summed E-state index contributed by atoms with van der Waals surface area (Å²) >= 11 is 0. The Morgan fingerprint density at radius 1 is 0.923 bits per heavy atom. The number of carbonyl (C=O) groups is 3. The molecule has 214 valence electrons. The van der Waals surface area contributed by atoms with Crippen LogP contribution in [0.4, 0.5) is 26.3 Å². The number of carboxylic acids is 2. The van der Waals surface area contributed by atoms with E-state index in [2.05, 4.69) is 32.7 Å². The van der Waals surface area contributed by atoms with E-state index >= 15 is 0 Å². The van der Waals surface area contributed by atoms with Crippen molar-refractivity contribution in [1.29, 1.82) is 0 Å². The molecule has 1 aromatic heterocycles. The summed E-state index contributed by atoms with van der Waals surface area (Å²) in [6.07, 6.45) is -2.77. The van der Waals surface area contributed by atoms with Gasteiger partial charge in [-0.1, -0.05) is 12.1 Å². The zero-order valence-corrected chi connectivity index (χ0v) is 20.5. The van der Waals surface area contributed by atoms with Gasteiger partial charge in [0.2, 0.25) is 0 Å². The van der Waals surface area contributed by atoms with Crippen LogP contribution in [0.5, 0.6) is 0 Å². The van der Waals surface area contributed by atoms with Gasteiger partial charge in [0.25, 0.3) is 5.91 Å².